The number of methoxy groups -OCH3 is 1. The molecular formula is C14H20N2O4. The Morgan fingerprint density at radius 3 is 2.55 bits per heavy atom. The smallest absolute Gasteiger partial charge is 0.331 e. The van der Waals surface area contributed by atoms with E-state index >= 15 is 0 Å². The Morgan fingerprint density at radius 2 is 2.00 bits per heavy atom. The number of nitrogens with one attached hydrogen (secondary N) is 1. The average molecular weight is 280 g/mol. The highest BCUT2D eigenvalue weighted by Gasteiger charge is 2.31. The van der Waals surface area contributed by atoms with E-state index in [2.05, 4.69) is 5.32 Å². The number of nitrogen functional groups attached to an aromatic ring is 1. The topological polar surface area (TPSA) is 90.6 Å². The Labute approximate surface area is 118 Å². The molecule has 6 nitrogen and oxygen atoms in total. The van der Waals surface area contributed by atoms with E-state index in [1.165, 1.54) is 7.11 Å². The van der Waals surface area contributed by atoms with Crippen LogP contribution in [0.25, 0.3) is 0 Å². The third kappa shape index (κ3) is 3.40. The van der Waals surface area contributed by atoms with Crippen molar-refractivity contribution in [2.75, 3.05) is 19.5 Å². The SMILES string of the molecule is CCOC(=O)C(C)(C)NC(=O)c1cccc(OC)c1N. The molecule has 0 aliphatic carbocycles. The normalized spacial score (nSPS) is 10.8. The molecule has 0 aromatic heterocycles. The molecule has 6 heteroatoms. The fourth-order valence-electron chi connectivity index (χ4n) is 1.63. The Morgan fingerprint density at radius 1 is 1.35 bits per heavy atom. The summed E-state index contributed by atoms with van der Waals surface area (Å²) in [4.78, 5) is 24.0. The summed E-state index contributed by atoms with van der Waals surface area (Å²) in [7, 11) is 1.47. The number of ether oxygens (including phenoxy) is 2. The van der Waals surface area contributed by atoms with Gasteiger partial charge in [0.2, 0.25) is 0 Å². The zero-order valence-electron chi connectivity index (χ0n) is 12.1. The van der Waals surface area contributed by atoms with Gasteiger partial charge in [-0.2, -0.15) is 0 Å². The van der Waals surface area contributed by atoms with Crippen molar-refractivity contribution in [3.8, 4) is 5.75 Å². The standard InChI is InChI=1S/C14H20N2O4/c1-5-20-13(18)14(2,3)16-12(17)9-7-6-8-10(19-4)11(9)15/h6-8H,5,15H2,1-4H3,(H,16,17). The van der Waals surface area contributed by atoms with Gasteiger partial charge in [-0.15, -0.1) is 0 Å². The summed E-state index contributed by atoms with van der Waals surface area (Å²) in [5.74, 6) is -0.555. The van der Waals surface area contributed by atoms with Crippen LogP contribution >= 0.6 is 0 Å². The molecule has 0 saturated heterocycles. The van der Waals surface area contributed by atoms with Crippen molar-refractivity contribution in [1.82, 2.24) is 5.32 Å². The molecule has 0 atom stereocenters. The molecule has 3 N–H and O–H groups in total. The van der Waals surface area contributed by atoms with Gasteiger partial charge in [0.15, 0.2) is 0 Å². The minimum Gasteiger partial charge on any atom is -0.495 e. The number of hydrogen-bond donors (Lipinski definition) is 2. The highest BCUT2D eigenvalue weighted by molar-refractivity contribution is 6.02. The van der Waals surface area contributed by atoms with Gasteiger partial charge in [-0.25, -0.2) is 4.79 Å². The Hall–Kier alpha value is -2.24. The van der Waals surface area contributed by atoms with Gasteiger partial charge in [-0.05, 0) is 32.9 Å². The first-order chi connectivity index (χ1) is 9.33. The van der Waals surface area contributed by atoms with Crippen molar-refractivity contribution in [1.29, 1.82) is 0 Å². The number of para-hydroxylation sites is 1. The van der Waals surface area contributed by atoms with Gasteiger partial charge >= 0.3 is 5.97 Å². The first-order valence-corrected chi connectivity index (χ1v) is 6.25. The van der Waals surface area contributed by atoms with Crippen LogP contribution in [0.1, 0.15) is 31.1 Å². The lowest BCUT2D eigenvalue weighted by Crippen LogP contribution is -2.50. The van der Waals surface area contributed by atoms with Crippen molar-refractivity contribution in [3.05, 3.63) is 23.8 Å². The molecule has 1 amide bonds. The van der Waals surface area contributed by atoms with E-state index in [1.807, 2.05) is 0 Å². The maximum absolute atomic E-state index is 12.2. The molecule has 0 aliphatic rings. The van der Waals surface area contributed by atoms with Crippen LogP contribution in [0.3, 0.4) is 0 Å². The minimum atomic E-state index is -1.14. The Bertz CT molecular complexity index is 512. The lowest BCUT2D eigenvalue weighted by Gasteiger charge is -2.24. The number of nitrogens with two attached hydrogens (primary N) is 1. The van der Waals surface area contributed by atoms with Crippen molar-refractivity contribution in [3.63, 3.8) is 0 Å². The summed E-state index contributed by atoms with van der Waals surface area (Å²) in [6.45, 7) is 5.09. The minimum absolute atomic E-state index is 0.229. The molecule has 110 valence electrons. The van der Waals surface area contributed by atoms with Gasteiger partial charge in [0, 0.05) is 0 Å². The van der Waals surface area contributed by atoms with E-state index in [0.717, 1.165) is 0 Å². The number of amides is 1. The summed E-state index contributed by atoms with van der Waals surface area (Å²) < 4.78 is 9.96. The zero-order valence-corrected chi connectivity index (χ0v) is 12.1. The molecule has 0 radical (unpaired) electrons. The van der Waals surface area contributed by atoms with Crippen LogP contribution in [0.15, 0.2) is 18.2 Å². The second-order valence-corrected chi connectivity index (χ2v) is 4.72. The molecular weight excluding hydrogens is 260 g/mol. The maximum Gasteiger partial charge on any atom is 0.331 e. The van der Waals surface area contributed by atoms with E-state index in [0.29, 0.717) is 5.75 Å². The van der Waals surface area contributed by atoms with Gasteiger partial charge in [0.25, 0.3) is 5.91 Å². The molecule has 1 aromatic rings. The number of rotatable bonds is 5. The molecule has 0 spiro atoms. The van der Waals surface area contributed by atoms with E-state index < -0.39 is 17.4 Å². The number of carbonyl (C=O) groups excluding carboxylic acids is 2. The van der Waals surface area contributed by atoms with E-state index in [9.17, 15) is 9.59 Å². The summed E-state index contributed by atoms with van der Waals surface area (Å²) >= 11 is 0. The summed E-state index contributed by atoms with van der Waals surface area (Å²) in [5.41, 5.74) is 5.19. The highest BCUT2D eigenvalue weighted by Crippen LogP contribution is 2.25. The van der Waals surface area contributed by atoms with Crippen LogP contribution in [-0.4, -0.2) is 31.1 Å². The van der Waals surface area contributed by atoms with Crippen molar-refractivity contribution in [2.45, 2.75) is 26.3 Å². The third-order valence-corrected chi connectivity index (χ3v) is 2.74. The first kappa shape index (κ1) is 15.8. The summed E-state index contributed by atoms with van der Waals surface area (Å²) in [6.07, 6.45) is 0. The molecule has 1 rings (SSSR count). The summed E-state index contributed by atoms with van der Waals surface area (Å²) in [6, 6.07) is 4.87. The van der Waals surface area contributed by atoms with E-state index in [4.69, 9.17) is 15.2 Å². The molecule has 1 aromatic carbocycles. The van der Waals surface area contributed by atoms with Crippen LogP contribution < -0.4 is 15.8 Å². The number of benzene rings is 1. The van der Waals surface area contributed by atoms with Gasteiger partial charge in [-0.1, -0.05) is 6.07 Å². The molecule has 0 bridgehead atoms. The van der Waals surface area contributed by atoms with Crippen LogP contribution in [0, 0.1) is 0 Å². The van der Waals surface area contributed by atoms with Gasteiger partial charge in [0.1, 0.15) is 11.3 Å². The van der Waals surface area contributed by atoms with Gasteiger partial charge in [-0.3, -0.25) is 4.79 Å². The van der Waals surface area contributed by atoms with Crippen LogP contribution in [0.5, 0.6) is 5.75 Å². The average Bonchev–Trinajstić information content (AvgIpc) is 2.38. The lowest BCUT2D eigenvalue weighted by atomic mass is 10.0. The fourth-order valence-corrected chi connectivity index (χ4v) is 1.63. The number of hydrogen-bond acceptors (Lipinski definition) is 5. The molecule has 20 heavy (non-hydrogen) atoms. The Kier molecular flexibility index (Phi) is 4.96. The molecule has 0 heterocycles. The molecule has 0 unspecified atom stereocenters. The second-order valence-electron chi connectivity index (χ2n) is 4.72. The predicted octanol–water partition coefficient (Wildman–Crippen LogP) is 1.35. The third-order valence-electron chi connectivity index (χ3n) is 2.74. The van der Waals surface area contributed by atoms with E-state index in [-0.39, 0.29) is 17.9 Å². The van der Waals surface area contributed by atoms with Crippen LogP contribution in [-0.2, 0) is 9.53 Å². The molecule has 0 aliphatic heterocycles. The fraction of sp³-hybridized carbons (Fsp3) is 0.429. The van der Waals surface area contributed by atoms with E-state index in [1.54, 1.807) is 39.0 Å². The predicted molar refractivity (Wildman–Crippen MR) is 75.6 cm³/mol. The monoisotopic (exact) mass is 280 g/mol. The van der Waals surface area contributed by atoms with Gasteiger partial charge in [0.05, 0.1) is 25.0 Å². The lowest BCUT2D eigenvalue weighted by molar-refractivity contribution is -0.149. The Balaban J connectivity index is 2.94. The maximum atomic E-state index is 12.2. The zero-order chi connectivity index (χ0) is 15.3. The number of carbonyl (C=O) groups is 2. The number of anilines is 1. The van der Waals surface area contributed by atoms with Crippen molar-refractivity contribution >= 4 is 17.6 Å². The summed E-state index contributed by atoms with van der Waals surface area (Å²) in [5, 5.41) is 2.60. The molecule has 0 fully saturated rings. The van der Waals surface area contributed by atoms with Crippen molar-refractivity contribution < 1.29 is 19.1 Å². The highest BCUT2D eigenvalue weighted by atomic mass is 16.5. The molecule has 0 saturated carbocycles. The van der Waals surface area contributed by atoms with Gasteiger partial charge < -0.3 is 20.5 Å². The van der Waals surface area contributed by atoms with Crippen LogP contribution in [0.2, 0.25) is 0 Å². The second kappa shape index (κ2) is 6.27. The van der Waals surface area contributed by atoms with Crippen LogP contribution in [0.4, 0.5) is 5.69 Å². The first-order valence-electron chi connectivity index (χ1n) is 6.25. The number of esters is 1. The largest absolute Gasteiger partial charge is 0.495 e. The van der Waals surface area contributed by atoms with Crippen molar-refractivity contribution in [2.24, 2.45) is 0 Å². The quantitative estimate of drug-likeness (QED) is 0.627.